The third-order valence-corrected chi connectivity index (χ3v) is 11.5. The number of methoxy groups -OCH3 is 1. The second-order valence-electron chi connectivity index (χ2n) is 15.3. The number of aromatic nitrogens is 2. The van der Waals surface area contributed by atoms with Gasteiger partial charge in [-0.05, 0) is 81.6 Å². The van der Waals surface area contributed by atoms with E-state index >= 15 is 0 Å². The number of nitrogens with zero attached hydrogens (tertiary/aromatic N) is 5. The quantitative estimate of drug-likeness (QED) is 0.215. The first-order valence-electron chi connectivity index (χ1n) is 18.0. The van der Waals surface area contributed by atoms with E-state index in [1.165, 1.54) is 16.8 Å². The van der Waals surface area contributed by atoms with Crippen LogP contribution in [0.5, 0.6) is 5.88 Å². The highest BCUT2D eigenvalue weighted by Crippen LogP contribution is 2.46. The van der Waals surface area contributed by atoms with Crippen LogP contribution < -0.4 is 29.9 Å². The number of hydrogen-bond donors (Lipinski definition) is 3. The maximum absolute atomic E-state index is 14.6. The Kier molecular flexibility index (Phi) is 10.7. The van der Waals surface area contributed by atoms with Gasteiger partial charge in [-0.1, -0.05) is 26.8 Å². The van der Waals surface area contributed by atoms with Crippen LogP contribution >= 0.6 is 11.9 Å². The average molecular weight is 713 g/mol. The number of anilines is 2. The standard InChI is InChI=1S/C35H52N8O6S/c1-6-22-19-35(22,31(46)40-50-24-14-15-24)39-29(44)25-20-42(26-18-27(48-5)37-32(36-26)41-16-10-7-11-17-41)21-43(25)30(45)28(34(2,3)4)38-33(47)49-23-12-8-9-13-23/h6,18,22-25,28H,1,7-17,19-21H2,2-5H3,(H,38,47)(H,39,44)(H,40,46)/t22-,25+,28-,35-/m1/s1. The van der Waals surface area contributed by atoms with Crippen LogP contribution in [-0.4, -0.2) is 101 Å². The number of ether oxygens (including phenoxy) is 2. The molecule has 2 aliphatic heterocycles. The molecule has 3 N–H and O–H groups in total. The largest absolute Gasteiger partial charge is 0.481 e. The van der Waals surface area contributed by atoms with E-state index in [0.717, 1.165) is 70.9 Å². The van der Waals surface area contributed by atoms with E-state index < -0.39 is 40.9 Å². The molecular weight excluding hydrogens is 661 g/mol. The number of hydrogen-bond acceptors (Lipinski definition) is 11. The molecule has 0 radical (unpaired) electrons. The van der Waals surface area contributed by atoms with Crippen molar-refractivity contribution in [2.24, 2.45) is 11.3 Å². The van der Waals surface area contributed by atoms with Gasteiger partial charge in [-0.3, -0.25) is 19.1 Å². The zero-order chi connectivity index (χ0) is 35.6. The minimum atomic E-state index is -1.14. The molecular formula is C35H52N8O6S. The lowest BCUT2D eigenvalue weighted by Crippen LogP contribution is -2.60. The topological polar surface area (TPSA) is 158 Å². The number of carbonyl (C=O) groups is 4. The van der Waals surface area contributed by atoms with Crippen molar-refractivity contribution < 1.29 is 28.7 Å². The number of piperidine rings is 1. The molecule has 5 aliphatic rings. The zero-order valence-corrected chi connectivity index (χ0v) is 30.6. The Morgan fingerprint density at radius 1 is 1.04 bits per heavy atom. The molecule has 4 atom stereocenters. The summed E-state index contributed by atoms with van der Waals surface area (Å²) >= 11 is 1.39. The molecule has 6 rings (SSSR count). The summed E-state index contributed by atoms with van der Waals surface area (Å²) in [5, 5.41) is 6.26. The molecule has 0 spiro atoms. The summed E-state index contributed by atoms with van der Waals surface area (Å²) in [5.74, 6) is 0.0200. The normalized spacial score (nSPS) is 25.9. The Hall–Kier alpha value is -3.75. The maximum atomic E-state index is 14.6. The predicted molar refractivity (Wildman–Crippen MR) is 191 cm³/mol. The van der Waals surface area contributed by atoms with Crippen molar-refractivity contribution in [3.63, 3.8) is 0 Å². The van der Waals surface area contributed by atoms with Crippen LogP contribution in [0.1, 0.15) is 85.0 Å². The van der Waals surface area contributed by atoms with E-state index in [-0.39, 0.29) is 31.1 Å². The van der Waals surface area contributed by atoms with Gasteiger partial charge in [-0.15, -0.1) is 6.58 Å². The molecule has 50 heavy (non-hydrogen) atoms. The van der Waals surface area contributed by atoms with E-state index in [0.29, 0.717) is 29.3 Å². The molecule has 1 aromatic heterocycles. The average Bonchev–Trinajstić information content (AvgIpc) is 3.95. The number of nitrogens with one attached hydrogen (secondary N) is 3. The smallest absolute Gasteiger partial charge is 0.408 e. The van der Waals surface area contributed by atoms with E-state index in [2.05, 4.69) is 31.8 Å². The summed E-state index contributed by atoms with van der Waals surface area (Å²) in [6.45, 7) is 11.3. The lowest BCUT2D eigenvalue weighted by molar-refractivity contribution is -0.142. The Morgan fingerprint density at radius 3 is 2.38 bits per heavy atom. The minimum absolute atomic E-state index is 0.0179. The van der Waals surface area contributed by atoms with Gasteiger partial charge in [-0.2, -0.15) is 9.97 Å². The molecule has 2 saturated heterocycles. The van der Waals surface area contributed by atoms with Gasteiger partial charge in [0.25, 0.3) is 5.91 Å². The van der Waals surface area contributed by atoms with Crippen LogP contribution in [0.4, 0.5) is 16.6 Å². The molecule has 14 nitrogen and oxygen atoms in total. The molecule has 3 heterocycles. The van der Waals surface area contributed by atoms with Gasteiger partial charge in [0.05, 0.1) is 20.3 Å². The molecule has 274 valence electrons. The van der Waals surface area contributed by atoms with Crippen LogP contribution in [0, 0.1) is 11.3 Å². The first kappa shape index (κ1) is 36.1. The lowest BCUT2D eigenvalue weighted by atomic mass is 9.85. The van der Waals surface area contributed by atoms with E-state index in [1.807, 2.05) is 25.7 Å². The van der Waals surface area contributed by atoms with Crippen molar-refractivity contribution in [1.82, 2.24) is 30.2 Å². The first-order chi connectivity index (χ1) is 23.9. The highest BCUT2D eigenvalue weighted by Gasteiger charge is 2.61. The molecule has 5 fully saturated rings. The SMILES string of the molecule is C=C[C@@H]1C[C@]1(NC(=O)[C@@H]1CN(c2cc(OC)nc(N3CCCCC3)n2)CN1C(=O)[C@@H](NC(=O)OC1CCCC1)C(C)(C)C)C(=O)NSC1CC1. The monoisotopic (exact) mass is 712 g/mol. The van der Waals surface area contributed by atoms with Crippen molar-refractivity contribution in [2.45, 2.75) is 114 Å². The molecule has 1 aromatic rings. The second-order valence-corrected chi connectivity index (χ2v) is 16.4. The molecule has 0 aromatic carbocycles. The summed E-state index contributed by atoms with van der Waals surface area (Å²) in [6.07, 6.45) is 10.2. The lowest BCUT2D eigenvalue weighted by Gasteiger charge is -2.35. The summed E-state index contributed by atoms with van der Waals surface area (Å²) in [7, 11) is 1.55. The fourth-order valence-electron chi connectivity index (χ4n) is 7.04. The Balaban J connectivity index is 1.28. The number of carbonyl (C=O) groups excluding carboxylic acids is 4. The van der Waals surface area contributed by atoms with Crippen LogP contribution in [-0.2, 0) is 19.1 Å². The summed E-state index contributed by atoms with van der Waals surface area (Å²) in [5.41, 5.74) is -1.86. The van der Waals surface area contributed by atoms with E-state index in [1.54, 1.807) is 19.3 Å². The van der Waals surface area contributed by atoms with Crippen LogP contribution in [0.2, 0.25) is 0 Å². The van der Waals surface area contributed by atoms with Gasteiger partial charge >= 0.3 is 6.09 Å². The molecule has 0 unspecified atom stereocenters. The third kappa shape index (κ3) is 8.07. The van der Waals surface area contributed by atoms with Crippen molar-refractivity contribution in [3.05, 3.63) is 18.7 Å². The Morgan fingerprint density at radius 2 is 1.76 bits per heavy atom. The minimum Gasteiger partial charge on any atom is -0.481 e. The van der Waals surface area contributed by atoms with E-state index in [4.69, 9.17) is 14.5 Å². The predicted octanol–water partition coefficient (Wildman–Crippen LogP) is 3.52. The second kappa shape index (κ2) is 14.8. The number of rotatable bonds is 12. The van der Waals surface area contributed by atoms with Gasteiger partial charge in [0, 0.05) is 30.3 Å². The zero-order valence-electron chi connectivity index (χ0n) is 29.7. The number of alkyl carbamates (subject to hydrolysis) is 1. The van der Waals surface area contributed by atoms with Crippen LogP contribution in [0.25, 0.3) is 0 Å². The van der Waals surface area contributed by atoms with Crippen molar-refractivity contribution >= 4 is 47.5 Å². The third-order valence-electron chi connectivity index (χ3n) is 10.4. The fourth-order valence-corrected chi connectivity index (χ4v) is 7.87. The Labute approximate surface area is 299 Å². The van der Waals surface area contributed by atoms with E-state index in [9.17, 15) is 19.2 Å². The van der Waals surface area contributed by atoms with Crippen molar-refractivity contribution in [2.75, 3.05) is 43.2 Å². The Bertz CT molecular complexity index is 1460. The summed E-state index contributed by atoms with van der Waals surface area (Å²) < 4.78 is 14.2. The van der Waals surface area contributed by atoms with Gasteiger partial charge in [0.15, 0.2) is 0 Å². The van der Waals surface area contributed by atoms with Crippen molar-refractivity contribution in [1.29, 1.82) is 0 Å². The first-order valence-corrected chi connectivity index (χ1v) is 18.9. The van der Waals surface area contributed by atoms with Crippen LogP contribution in [0.3, 0.4) is 0 Å². The highest BCUT2D eigenvalue weighted by molar-refractivity contribution is 7.98. The highest BCUT2D eigenvalue weighted by atomic mass is 32.2. The number of amides is 4. The molecule has 3 saturated carbocycles. The van der Waals surface area contributed by atoms with Gasteiger partial charge in [-0.25, -0.2) is 4.79 Å². The van der Waals surface area contributed by atoms with Crippen LogP contribution in [0.15, 0.2) is 18.7 Å². The summed E-state index contributed by atoms with van der Waals surface area (Å²) in [4.78, 5) is 70.4. The molecule has 15 heteroatoms. The van der Waals surface area contributed by atoms with Gasteiger partial charge in [0.1, 0.15) is 29.5 Å². The molecule has 0 bridgehead atoms. The molecule has 3 aliphatic carbocycles. The molecule has 4 amide bonds. The summed E-state index contributed by atoms with van der Waals surface area (Å²) in [6, 6.07) is -0.288. The van der Waals surface area contributed by atoms with Gasteiger partial charge < -0.3 is 34.8 Å². The van der Waals surface area contributed by atoms with Gasteiger partial charge in [0.2, 0.25) is 23.6 Å². The van der Waals surface area contributed by atoms with Crippen molar-refractivity contribution in [3.8, 4) is 5.88 Å². The fraction of sp³-hybridized carbons (Fsp3) is 0.714. The maximum Gasteiger partial charge on any atom is 0.408 e.